The Morgan fingerprint density at radius 2 is 2.00 bits per heavy atom. The third-order valence-corrected chi connectivity index (χ3v) is 5.35. The maximum absolute atomic E-state index is 11.2. The van der Waals surface area contributed by atoms with Crippen LogP contribution in [0, 0.1) is 23.0 Å². The van der Waals surface area contributed by atoms with Gasteiger partial charge in [-0.2, -0.15) is 0 Å². The van der Waals surface area contributed by atoms with Gasteiger partial charge in [-0.25, -0.2) is 0 Å². The molecule has 0 radical (unpaired) electrons. The predicted octanol–water partition coefficient (Wildman–Crippen LogP) is 5.38. The van der Waals surface area contributed by atoms with Crippen molar-refractivity contribution in [3.05, 3.63) is 80.4 Å². The second-order valence-corrected chi connectivity index (χ2v) is 6.94. The summed E-state index contributed by atoms with van der Waals surface area (Å²) in [6, 6.07) is 11.8. The molecule has 122 valence electrons. The van der Waals surface area contributed by atoms with Gasteiger partial charge in [0.2, 0.25) is 0 Å². The Morgan fingerprint density at radius 3 is 2.71 bits per heavy atom. The lowest BCUT2D eigenvalue weighted by atomic mass is 9.77. The van der Waals surface area contributed by atoms with Gasteiger partial charge in [-0.15, -0.1) is 0 Å². The van der Waals surface area contributed by atoms with Crippen LogP contribution in [-0.2, 0) is 0 Å². The Morgan fingerprint density at radius 1 is 1.25 bits per heavy atom. The molecule has 1 aliphatic carbocycles. The normalized spacial score (nSPS) is 24.2. The molecule has 5 heteroatoms. The van der Waals surface area contributed by atoms with Crippen molar-refractivity contribution in [2.24, 2.45) is 5.92 Å². The molecular formula is C19H17ClN2O2. The molecule has 0 amide bonds. The van der Waals surface area contributed by atoms with Gasteiger partial charge in [-0.3, -0.25) is 10.1 Å². The van der Waals surface area contributed by atoms with Crippen LogP contribution in [0.1, 0.15) is 35.1 Å². The van der Waals surface area contributed by atoms with Gasteiger partial charge in [-0.1, -0.05) is 53.6 Å². The van der Waals surface area contributed by atoms with E-state index in [1.54, 1.807) is 6.07 Å². The van der Waals surface area contributed by atoms with Gasteiger partial charge in [0.1, 0.15) is 0 Å². The highest BCUT2D eigenvalue weighted by Crippen LogP contribution is 2.52. The largest absolute Gasteiger partial charge is 0.376 e. The topological polar surface area (TPSA) is 55.2 Å². The van der Waals surface area contributed by atoms with E-state index in [0.717, 1.165) is 17.7 Å². The van der Waals surface area contributed by atoms with Gasteiger partial charge in [0.15, 0.2) is 0 Å². The van der Waals surface area contributed by atoms with Gasteiger partial charge in [0.25, 0.3) is 5.69 Å². The van der Waals surface area contributed by atoms with Crippen molar-refractivity contribution in [1.29, 1.82) is 0 Å². The van der Waals surface area contributed by atoms with E-state index in [1.165, 1.54) is 17.2 Å². The second-order valence-electron chi connectivity index (χ2n) is 6.54. The number of aryl methyl sites for hydroxylation is 1. The third-order valence-electron chi connectivity index (χ3n) is 5.05. The minimum Gasteiger partial charge on any atom is -0.376 e. The summed E-state index contributed by atoms with van der Waals surface area (Å²) in [7, 11) is 0. The zero-order valence-electron chi connectivity index (χ0n) is 13.2. The molecule has 1 N–H and O–H groups in total. The molecule has 2 aromatic carbocycles. The summed E-state index contributed by atoms with van der Waals surface area (Å²) in [4.78, 5) is 10.8. The van der Waals surface area contributed by atoms with Crippen LogP contribution < -0.4 is 5.32 Å². The van der Waals surface area contributed by atoms with Crippen LogP contribution in [-0.4, -0.2) is 4.92 Å². The molecule has 0 unspecified atom stereocenters. The SMILES string of the molecule is Cc1ccc([C@@H]2Nc3c(Cl)cc([N+](=O)[O-])cc3[C@@H]3C=CC[C@@H]32)cc1. The number of rotatable bonds is 2. The first-order valence-electron chi connectivity index (χ1n) is 8.02. The third kappa shape index (κ3) is 2.38. The van der Waals surface area contributed by atoms with Crippen molar-refractivity contribution in [2.45, 2.75) is 25.3 Å². The van der Waals surface area contributed by atoms with E-state index >= 15 is 0 Å². The summed E-state index contributed by atoms with van der Waals surface area (Å²) in [5.74, 6) is 0.503. The van der Waals surface area contributed by atoms with Crippen molar-refractivity contribution in [3.8, 4) is 0 Å². The molecular weight excluding hydrogens is 324 g/mol. The van der Waals surface area contributed by atoms with E-state index in [1.807, 2.05) is 0 Å². The Kier molecular flexibility index (Phi) is 3.57. The van der Waals surface area contributed by atoms with Crippen molar-refractivity contribution in [2.75, 3.05) is 5.32 Å². The fourth-order valence-electron chi connectivity index (χ4n) is 3.85. The maximum Gasteiger partial charge on any atom is 0.271 e. The lowest BCUT2D eigenvalue weighted by Crippen LogP contribution is -2.29. The number of allylic oxidation sites excluding steroid dienone is 2. The molecule has 0 spiro atoms. The first-order chi connectivity index (χ1) is 11.5. The number of nitrogens with zero attached hydrogens (tertiary/aromatic N) is 1. The van der Waals surface area contributed by atoms with E-state index < -0.39 is 0 Å². The Bertz CT molecular complexity index is 845. The van der Waals surface area contributed by atoms with Gasteiger partial charge in [-0.05, 0) is 30.4 Å². The Balaban J connectivity index is 1.82. The monoisotopic (exact) mass is 340 g/mol. The number of anilines is 1. The second kappa shape index (κ2) is 5.64. The molecule has 4 nitrogen and oxygen atoms in total. The van der Waals surface area contributed by atoms with Crippen LogP contribution in [0.5, 0.6) is 0 Å². The van der Waals surface area contributed by atoms with E-state index in [-0.39, 0.29) is 22.6 Å². The molecule has 3 atom stereocenters. The molecule has 24 heavy (non-hydrogen) atoms. The molecule has 4 rings (SSSR count). The smallest absolute Gasteiger partial charge is 0.271 e. The average Bonchev–Trinajstić information content (AvgIpc) is 3.05. The molecule has 0 fully saturated rings. The van der Waals surface area contributed by atoms with Crippen molar-refractivity contribution >= 4 is 23.0 Å². The van der Waals surface area contributed by atoms with E-state index in [4.69, 9.17) is 11.6 Å². The quantitative estimate of drug-likeness (QED) is 0.453. The van der Waals surface area contributed by atoms with E-state index in [0.29, 0.717) is 10.9 Å². The van der Waals surface area contributed by atoms with Crippen LogP contribution in [0.2, 0.25) is 5.02 Å². The summed E-state index contributed by atoms with van der Waals surface area (Å²) in [6.45, 7) is 2.07. The minimum absolute atomic E-state index is 0.0494. The zero-order valence-corrected chi connectivity index (χ0v) is 14.0. The lowest BCUT2D eigenvalue weighted by molar-refractivity contribution is -0.384. The first-order valence-corrected chi connectivity index (χ1v) is 8.40. The summed E-state index contributed by atoms with van der Waals surface area (Å²) < 4.78 is 0. The van der Waals surface area contributed by atoms with Crippen LogP contribution >= 0.6 is 11.6 Å². The number of hydrogen-bond donors (Lipinski definition) is 1. The van der Waals surface area contributed by atoms with Gasteiger partial charge < -0.3 is 5.32 Å². The van der Waals surface area contributed by atoms with Crippen molar-refractivity contribution in [3.63, 3.8) is 0 Å². The van der Waals surface area contributed by atoms with Crippen LogP contribution in [0.15, 0.2) is 48.6 Å². The Hall–Kier alpha value is -2.33. The standard InChI is InChI=1S/C19H17ClN2O2/c1-11-5-7-12(8-6-11)18-15-4-2-3-14(15)16-9-13(22(23)24)10-17(20)19(16)21-18/h2-3,5-10,14-15,18,21H,4H2,1H3/t14-,15+,18+/m1/s1. The van der Waals surface area contributed by atoms with Crippen molar-refractivity contribution < 1.29 is 4.92 Å². The van der Waals surface area contributed by atoms with Crippen molar-refractivity contribution in [1.82, 2.24) is 0 Å². The number of nitrogens with one attached hydrogen (secondary N) is 1. The minimum atomic E-state index is -0.383. The highest BCUT2D eigenvalue weighted by molar-refractivity contribution is 6.33. The molecule has 0 aromatic heterocycles. The number of benzene rings is 2. The number of nitro benzene ring substituents is 1. The van der Waals surface area contributed by atoms with Crippen LogP contribution in [0.4, 0.5) is 11.4 Å². The molecule has 1 heterocycles. The number of nitro groups is 1. The summed E-state index contributed by atoms with van der Waals surface area (Å²) >= 11 is 6.37. The number of non-ortho nitro benzene ring substituents is 1. The Labute approximate surface area is 145 Å². The molecule has 0 bridgehead atoms. The lowest BCUT2D eigenvalue weighted by Gasteiger charge is -2.37. The van der Waals surface area contributed by atoms with Crippen LogP contribution in [0.25, 0.3) is 0 Å². The highest BCUT2D eigenvalue weighted by atomic mass is 35.5. The fraction of sp³-hybridized carbons (Fsp3) is 0.263. The molecule has 2 aromatic rings. The number of hydrogen-bond acceptors (Lipinski definition) is 3. The maximum atomic E-state index is 11.2. The fourth-order valence-corrected chi connectivity index (χ4v) is 4.13. The molecule has 1 aliphatic heterocycles. The van der Waals surface area contributed by atoms with Gasteiger partial charge in [0, 0.05) is 18.1 Å². The molecule has 2 aliphatic rings. The summed E-state index contributed by atoms with van der Waals surface area (Å²) in [5.41, 5.74) is 4.24. The summed E-state index contributed by atoms with van der Waals surface area (Å²) in [5, 5.41) is 15.1. The number of halogens is 1. The number of fused-ring (bicyclic) bond motifs is 3. The molecule has 0 saturated heterocycles. The zero-order chi connectivity index (χ0) is 16.8. The van der Waals surface area contributed by atoms with E-state index in [9.17, 15) is 10.1 Å². The van der Waals surface area contributed by atoms with E-state index in [2.05, 4.69) is 48.7 Å². The first kappa shape index (κ1) is 15.2. The van der Waals surface area contributed by atoms with Gasteiger partial charge in [0.05, 0.1) is 21.7 Å². The predicted molar refractivity (Wildman–Crippen MR) is 95.6 cm³/mol. The highest BCUT2D eigenvalue weighted by Gasteiger charge is 2.39. The summed E-state index contributed by atoms with van der Waals surface area (Å²) in [6.07, 6.45) is 5.28. The molecule has 0 saturated carbocycles. The van der Waals surface area contributed by atoms with Crippen LogP contribution in [0.3, 0.4) is 0 Å². The average molecular weight is 341 g/mol. The van der Waals surface area contributed by atoms with Gasteiger partial charge >= 0.3 is 0 Å².